The Morgan fingerprint density at radius 2 is 2.24 bits per heavy atom. The van der Waals surface area contributed by atoms with Gasteiger partial charge in [-0.15, -0.1) is 0 Å². The summed E-state index contributed by atoms with van der Waals surface area (Å²) in [6, 6.07) is 7.26. The number of halogens is 1. The predicted molar refractivity (Wildman–Crippen MR) is 68.2 cm³/mol. The maximum Gasteiger partial charge on any atom is 0.233 e. The van der Waals surface area contributed by atoms with Gasteiger partial charge in [-0.25, -0.2) is 0 Å². The molecule has 1 amide bonds. The van der Waals surface area contributed by atoms with Crippen LogP contribution in [-0.4, -0.2) is 25.1 Å². The van der Waals surface area contributed by atoms with E-state index < -0.39 is 0 Å². The minimum Gasteiger partial charge on any atom is -0.487 e. The summed E-state index contributed by atoms with van der Waals surface area (Å²) in [5.41, 5.74) is 5.20. The molecular formula is C12H17ClN2O2. The molecule has 0 aliphatic carbocycles. The molecule has 4 nitrogen and oxygen atoms in total. The Kier molecular flexibility index (Phi) is 5.80. The van der Waals surface area contributed by atoms with E-state index in [4.69, 9.17) is 22.1 Å². The fourth-order valence-corrected chi connectivity index (χ4v) is 1.47. The van der Waals surface area contributed by atoms with Gasteiger partial charge >= 0.3 is 0 Å². The van der Waals surface area contributed by atoms with E-state index in [-0.39, 0.29) is 18.6 Å². The van der Waals surface area contributed by atoms with Gasteiger partial charge in [-0.2, -0.15) is 0 Å². The van der Waals surface area contributed by atoms with Gasteiger partial charge in [0.05, 0.1) is 18.1 Å². The summed E-state index contributed by atoms with van der Waals surface area (Å²) in [5.74, 6) is 0.439. The van der Waals surface area contributed by atoms with E-state index in [1.807, 2.05) is 19.1 Å². The molecule has 1 unspecified atom stereocenters. The lowest BCUT2D eigenvalue weighted by Gasteiger charge is -2.18. The Labute approximate surface area is 106 Å². The first kappa shape index (κ1) is 13.8. The first-order valence-electron chi connectivity index (χ1n) is 5.55. The number of nitrogens with one attached hydrogen (secondary N) is 1. The largest absolute Gasteiger partial charge is 0.487 e. The molecule has 17 heavy (non-hydrogen) atoms. The smallest absolute Gasteiger partial charge is 0.233 e. The van der Waals surface area contributed by atoms with Crippen LogP contribution in [0.25, 0.3) is 0 Å². The van der Waals surface area contributed by atoms with E-state index in [0.717, 1.165) is 6.42 Å². The van der Waals surface area contributed by atoms with Gasteiger partial charge in [-0.3, -0.25) is 4.79 Å². The van der Waals surface area contributed by atoms with Crippen LogP contribution in [0.2, 0.25) is 5.02 Å². The molecule has 1 aromatic rings. The molecule has 0 radical (unpaired) electrons. The van der Waals surface area contributed by atoms with Crippen molar-refractivity contribution in [1.82, 2.24) is 5.32 Å². The van der Waals surface area contributed by atoms with E-state index in [2.05, 4.69) is 5.32 Å². The summed E-state index contributed by atoms with van der Waals surface area (Å²) in [4.78, 5) is 11.0. The lowest BCUT2D eigenvalue weighted by Crippen LogP contribution is -2.38. The van der Waals surface area contributed by atoms with Crippen molar-refractivity contribution < 1.29 is 9.53 Å². The number of carbonyl (C=O) groups excluding carboxylic acids is 1. The number of rotatable bonds is 6. The summed E-state index contributed by atoms with van der Waals surface area (Å²) in [6.07, 6.45) is 0.668. The molecule has 0 heterocycles. The number of hydrogen-bond acceptors (Lipinski definition) is 3. The fraction of sp³-hybridized carbons (Fsp3) is 0.417. The summed E-state index contributed by atoms with van der Waals surface area (Å²) in [7, 11) is 0. The van der Waals surface area contributed by atoms with Crippen LogP contribution in [0.1, 0.15) is 13.3 Å². The van der Waals surface area contributed by atoms with E-state index in [1.54, 1.807) is 12.1 Å². The molecule has 0 bridgehead atoms. The number of hydrogen-bond donors (Lipinski definition) is 2. The van der Waals surface area contributed by atoms with Gasteiger partial charge in [0.25, 0.3) is 0 Å². The second-order valence-corrected chi connectivity index (χ2v) is 3.99. The van der Waals surface area contributed by atoms with Crippen LogP contribution in [-0.2, 0) is 4.79 Å². The zero-order chi connectivity index (χ0) is 12.7. The average Bonchev–Trinajstić information content (AvgIpc) is 2.36. The Bertz CT molecular complexity index is 371. The highest BCUT2D eigenvalue weighted by molar-refractivity contribution is 6.32. The SMILES string of the molecule is CCC(CNC(=O)CN)Oc1ccccc1Cl. The van der Waals surface area contributed by atoms with Gasteiger partial charge in [0, 0.05) is 0 Å². The van der Waals surface area contributed by atoms with E-state index >= 15 is 0 Å². The standard InChI is InChI=1S/C12H17ClN2O2/c1-2-9(8-15-12(16)7-14)17-11-6-4-3-5-10(11)13/h3-6,9H,2,7-8,14H2,1H3,(H,15,16). The fourth-order valence-electron chi connectivity index (χ4n) is 1.29. The molecule has 0 spiro atoms. The number of benzene rings is 1. The first-order chi connectivity index (χ1) is 8.17. The normalized spacial score (nSPS) is 11.9. The molecule has 0 aliphatic rings. The second kappa shape index (κ2) is 7.14. The van der Waals surface area contributed by atoms with Crippen molar-refractivity contribution in [3.05, 3.63) is 29.3 Å². The molecule has 94 valence electrons. The highest BCUT2D eigenvalue weighted by Gasteiger charge is 2.11. The number of carbonyl (C=O) groups is 1. The van der Waals surface area contributed by atoms with Crippen LogP contribution in [0.15, 0.2) is 24.3 Å². The number of ether oxygens (including phenoxy) is 1. The second-order valence-electron chi connectivity index (χ2n) is 3.59. The van der Waals surface area contributed by atoms with Crippen LogP contribution in [0.5, 0.6) is 5.75 Å². The molecule has 0 saturated carbocycles. The van der Waals surface area contributed by atoms with Crippen molar-refractivity contribution in [3.63, 3.8) is 0 Å². The molecule has 1 rings (SSSR count). The number of nitrogens with two attached hydrogens (primary N) is 1. The Hall–Kier alpha value is -1.26. The molecule has 0 aliphatic heterocycles. The summed E-state index contributed by atoms with van der Waals surface area (Å²) in [5, 5.41) is 3.26. The number of para-hydroxylation sites is 1. The van der Waals surface area contributed by atoms with Gasteiger partial charge in [0.1, 0.15) is 11.9 Å². The molecule has 1 aromatic carbocycles. The third-order valence-corrected chi connectivity index (χ3v) is 2.61. The Morgan fingerprint density at radius 1 is 1.53 bits per heavy atom. The maximum atomic E-state index is 11.0. The monoisotopic (exact) mass is 256 g/mol. The minimum absolute atomic E-state index is 0.0114. The average molecular weight is 257 g/mol. The van der Waals surface area contributed by atoms with Gasteiger partial charge < -0.3 is 15.8 Å². The molecule has 3 N–H and O–H groups in total. The minimum atomic E-state index is -0.189. The van der Waals surface area contributed by atoms with Crippen molar-refractivity contribution in [2.45, 2.75) is 19.4 Å². The van der Waals surface area contributed by atoms with Crippen LogP contribution in [0.4, 0.5) is 0 Å². The summed E-state index contributed by atoms with van der Waals surface area (Å²) < 4.78 is 5.70. The van der Waals surface area contributed by atoms with E-state index in [1.165, 1.54) is 0 Å². The zero-order valence-electron chi connectivity index (χ0n) is 9.78. The molecule has 0 aromatic heterocycles. The highest BCUT2D eigenvalue weighted by atomic mass is 35.5. The Balaban J connectivity index is 2.52. The first-order valence-corrected chi connectivity index (χ1v) is 5.93. The van der Waals surface area contributed by atoms with Crippen molar-refractivity contribution in [3.8, 4) is 5.75 Å². The van der Waals surface area contributed by atoms with Crippen LogP contribution >= 0.6 is 11.6 Å². The van der Waals surface area contributed by atoms with Crippen LogP contribution in [0.3, 0.4) is 0 Å². The topological polar surface area (TPSA) is 64.4 Å². The van der Waals surface area contributed by atoms with E-state index in [9.17, 15) is 4.79 Å². The predicted octanol–water partition coefficient (Wildman–Crippen LogP) is 1.57. The lowest BCUT2D eigenvalue weighted by atomic mass is 10.2. The third-order valence-electron chi connectivity index (χ3n) is 2.30. The van der Waals surface area contributed by atoms with Crippen molar-refractivity contribution in [1.29, 1.82) is 0 Å². The number of amides is 1. The quantitative estimate of drug-likeness (QED) is 0.812. The molecular weight excluding hydrogens is 240 g/mol. The van der Waals surface area contributed by atoms with Crippen molar-refractivity contribution in [2.75, 3.05) is 13.1 Å². The highest BCUT2D eigenvalue weighted by Crippen LogP contribution is 2.24. The molecule has 0 saturated heterocycles. The van der Waals surface area contributed by atoms with Gasteiger partial charge in [-0.05, 0) is 18.6 Å². The molecule has 5 heteroatoms. The molecule has 1 atom stereocenters. The van der Waals surface area contributed by atoms with Gasteiger partial charge in [-0.1, -0.05) is 30.7 Å². The van der Waals surface area contributed by atoms with Crippen molar-refractivity contribution in [2.24, 2.45) is 5.73 Å². The Morgan fingerprint density at radius 3 is 2.82 bits per heavy atom. The summed E-state index contributed by atoms with van der Waals surface area (Å²) in [6.45, 7) is 2.40. The van der Waals surface area contributed by atoms with E-state index in [0.29, 0.717) is 17.3 Å². The van der Waals surface area contributed by atoms with Crippen molar-refractivity contribution >= 4 is 17.5 Å². The van der Waals surface area contributed by atoms with Gasteiger partial charge in [0.2, 0.25) is 5.91 Å². The lowest BCUT2D eigenvalue weighted by molar-refractivity contribution is -0.120. The zero-order valence-corrected chi connectivity index (χ0v) is 10.5. The summed E-state index contributed by atoms with van der Waals surface area (Å²) >= 11 is 5.98. The van der Waals surface area contributed by atoms with Gasteiger partial charge in [0.15, 0.2) is 0 Å². The third kappa shape index (κ3) is 4.63. The van der Waals surface area contributed by atoms with Crippen LogP contribution in [0, 0.1) is 0 Å². The maximum absolute atomic E-state index is 11.0. The molecule has 0 fully saturated rings. The van der Waals surface area contributed by atoms with Crippen LogP contribution < -0.4 is 15.8 Å².